The van der Waals surface area contributed by atoms with E-state index >= 15 is 0 Å². The van der Waals surface area contributed by atoms with Crippen LogP contribution in [0.25, 0.3) is 0 Å². The van der Waals surface area contributed by atoms with Gasteiger partial charge in [0.15, 0.2) is 0 Å². The van der Waals surface area contributed by atoms with Crippen LogP contribution in [0, 0.1) is 0 Å². The predicted molar refractivity (Wildman–Crippen MR) is 57.4 cm³/mol. The van der Waals surface area contributed by atoms with Gasteiger partial charge in [-0.05, 0) is 45.6 Å². The number of piperidine rings is 1. The maximum absolute atomic E-state index is 8.61. The van der Waals surface area contributed by atoms with E-state index in [0.29, 0.717) is 6.61 Å². The van der Waals surface area contributed by atoms with Gasteiger partial charge in [0.1, 0.15) is 0 Å². The first-order valence-corrected chi connectivity index (χ1v) is 5.72. The van der Waals surface area contributed by atoms with Gasteiger partial charge in [-0.3, -0.25) is 0 Å². The summed E-state index contributed by atoms with van der Waals surface area (Å²) < 4.78 is 5.87. The molecule has 0 aromatic rings. The minimum Gasteiger partial charge on any atom is -0.396 e. The van der Waals surface area contributed by atoms with Crippen molar-refractivity contribution in [2.45, 2.75) is 44.6 Å². The van der Waals surface area contributed by atoms with Crippen molar-refractivity contribution in [2.75, 3.05) is 26.3 Å². The van der Waals surface area contributed by atoms with Gasteiger partial charge in [0.2, 0.25) is 0 Å². The van der Waals surface area contributed by atoms with Gasteiger partial charge in [-0.2, -0.15) is 0 Å². The number of rotatable bonds is 6. The van der Waals surface area contributed by atoms with Crippen LogP contribution >= 0.6 is 0 Å². The van der Waals surface area contributed by atoms with Gasteiger partial charge in [0, 0.05) is 19.8 Å². The highest BCUT2D eigenvalue weighted by atomic mass is 16.5. The number of aliphatic hydroxyl groups excluding tert-OH is 1. The lowest BCUT2D eigenvalue weighted by Crippen LogP contribution is -2.45. The van der Waals surface area contributed by atoms with Crippen LogP contribution in [-0.4, -0.2) is 37.0 Å². The summed E-state index contributed by atoms with van der Waals surface area (Å²) in [7, 11) is 0. The van der Waals surface area contributed by atoms with Gasteiger partial charge >= 0.3 is 0 Å². The van der Waals surface area contributed by atoms with Crippen LogP contribution in [0.1, 0.15) is 39.0 Å². The van der Waals surface area contributed by atoms with Crippen LogP contribution in [0.3, 0.4) is 0 Å². The summed E-state index contributed by atoms with van der Waals surface area (Å²) in [6.45, 7) is 5.43. The average Bonchev–Trinajstić information content (AvgIpc) is 2.18. The Balaban J connectivity index is 2.03. The van der Waals surface area contributed by atoms with E-state index in [2.05, 4.69) is 12.2 Å². The number of nitrogens with one attached hydrogen (secondary N) is 1. The number of hydrogen-bond acceptors (Lipinski definition) is 3. The third kappa shape index (κ3) is 4.40. The Morgan fingerprint density at radius 2 is 2.21 bits per heavy atom. The summed E-state index contributed by atoms with van der Waals surface area (Å²) >= 11 is 0. The molecule has 0 radical (unpaired) electrons. The van der Waals surface area contributed by atoms with Gasteiger partial charge in [-0.25, -0.2) is 0 Å². The summed E-state index contributed by atoms with van der Waals surface area (Å²) in [6.07, 6.45) is 5.42. The molecule has 0 aliphatic carbocycles. The summed E-state index contributed by atoms with van der Waals surface area (Å²) in [5.41, 5.74) is 0.0530. The summed E-state index contributed by atoms with van der Waals surface area (Å²) in [4.78, 5) is 0. The first kappa shape index (κ1) is 12.0. The molecule has 0 bridgehead atoms. The lowest BCUT2D eigenvalue weighted by Gasteiger charge is -2.34. The van der Waals surface area contributed by atoms with Crippen LogP contribution in [0.15, 0.2) is 0 Å². The fourth-order valence-corrected chi connectivity index (χ4v) is 1.86. The normalized spacial score (nSPS) is 27.9. The largest absolute Gasteiger partial charge is 0.396 e. The molecule has 84 valence electrons. The van der Waals surface area contributed by atoms with E-state index in [0.717, 1.165) is 39.0 Å². The van der Waals surface area contributed by atoms with Crippen molar-refractivity contribution in [1.82, 2.24) is 5.32 Å². The molecule has 0 amide bonds. The third-order valence-electron chi connectivity index (χ3n) is 2.81. The van der Waals surface area contributed by atoms with E-state index in [-0.39, 0.29) is 5.60 Å². The highest BCUT2D eigenvalue weighted by molar-refractivity contribution is 4.82. The molecule has 1 heterocycles. The van der Waals surface area contributed by atoms with E-state index in [1.54, 1.807) is 0 Å². The van der Waals surface area contributed by atoms with Crippen LogP contribution in [0.4, 0.5) is 0 Å². The van der Waals surface area contributed by atoms with E-state index < -0.39 is 0 Å². The highest BCUT2D eigenvalue weighted by Crippen LogP contribution is 2.20. The number of hydrogen-bond donors (Lipinski definition) is 2. The maximum Gasteiger partial charge on any atom is 0.0778 e. The molecule has 1 aliphatic heterocycles. The lowest BCUT2D eigenvalue weighted by atomic mass is 9.96. The van der Waals surface area contributed by atoms with Crippen LogP contribution in [0.5, 0.6) is 0 Å². The Kier molecular flexibility index (Phi) is 5.45. The van der Waals surface area contributed by atoms with Crippen LogP contribution in [-0.2, 0) is 4.74 Å². The van der Waals surface area contributed by atoms with Gasteiger partial charge in [-0.15, -0.1) is 0 Å². The van der Waals surface area contributed by atoms with Crippen molar-refractivity contribution >= 4 is 0 Å². The van der Waals surface area contributed by atoms with Crippen LogP contribution in [0.2, 0.25) is 0 Å². The van der Waals surface area contributed by atoms with Gasteiger partial charge in [0.05, 0.1) is 5.60 Å². The lowest BCUT2D eigenvalue weighted by molar-refractivity contribution is -0.0480. The fourth-order valence-electron chi connectivity index (χ4n) is 1.86. The van der Waals surface area contributed by atoms with Gasteiger partial charge < -0.3 is 15.2 Å². The Morgan fingerprint density at radius 3 is 2.86 bits per heavy atom. The quantitative estimate of drug-likeness (QED) is 0.637. The van der Waals surface area contributed by atoms with Crippen molar-refractivity contribution in [3.8, 4) is 0 Å². The molecule has 1 fully saturated rings. The van der Waals surface area contributed by atoms with Gasteiger partial charge in [-0.1, -0.05) is 0 Å². The van der Waals surface area contributed by atoms with E-state index in [1.807, 2.05) is 0 Å². The molecule has 3 nitrogen and oxygen atoms in total. The second kappa shape index (κ2) is 6.38. The fraction of sp³-hybridized carbons (Fsp3) is 1.00. The minimum atomic E-state index is 0.0530. The number of aliphatic hydroxyl groups is 1. The first-order valence-electron chi connectivity index (χ1n) is 5.72. The highest BCUT2D eigenvalue weighted by Gasteiger charge is 2.26. The Bertz CT molecular complexity index is 144. The Hall–Kier alpha value is -0.120. The molecule has 3 heteroatoms. The summed E-state index contributed by atoms with van der Waals surface area (Å²) in [6, 6.07) is 0. The topological polar surface area (TPSA) is 41.5 Å². The summed E-state index contributed by atoms with van der Waals surface area (Å²) in [5, 5.41) is 12.0. The smallest absolute Gasteiger partial charge is 0.0778 e. The van der Waals surface area contributed by atoms with Crippen molar-refractivity contribution in [1.29, 1.82) is 0 Å². The molecule has 1 aliphatic rings. The monoisotopic (exact) mass is 201 g/mol. The molecular formula is C11H23NO2. The molecule has 0 aromatic carbocycles. The first-order chi connectivity index (χ1) is 6.77. The second-order valence-electron chi connectivity index (χ2n) is 4.36. The van der Waals surface area contributed by atoms with E-state index in [1.165, 1.54) is 12.8 Å². The van der Waals surface area contributed by atoms with Crippen molar-refractivity contribution in [3.05, 3.63) is 0 Å². The molecule has 1 atom stereocenters. The van der Waals surface area contributed by atoms with E-state index in [9.17, 15) is 0 Å². The second-order valence-corrected chi connectivity index (χ2v) is 4.36. The minimum absolute atomic E-state index is 0.0530. The van der Waals surface area contributed by atoms with Crippen molar-refractivity contribution < 1.29 is 9.84 Å². The Labute approximate surface area is 86.8 Å². The molecule has 0 spiro atoms. The molecule has 1 unspecified atom stereocenters. The average molecular weight is 201 g/mol. The molecule has 14 heavy (non-hydrogen) atoms. The van der Waals surface area contributed by atoms with Crippen LogP contribution < -0.4 is 5.32 Å². The molecule has 1 rings (SSSR count). The molecule has 2 N–H and O–H groups in total. The van der Waals surface area contributed by atoms with E-state index in [4.69, 9.17) is 9.84 Å². The van der Waals surface area contributed by atoms with Crippen molar-refractivity contribution in [3.63, 3.8) is 0 Å². The molecule has 0 saturated carbocycles. The zero-order valence-corrected chi connectivity index (χ0v) is 9.22. The SMILES string of the molecule is CC1(OCCCCCO)CCCNC1. The van der Waals surface area contributed by atoms with Gasteiger partial charge in [0.25, 0.3) is 0 Å². The third-order valence-corrected chi connectivity index (χ3v) is 2.81. The zero-order valence-electron chi connectivity index (χ0n) is 9.22. The van der Waals surface area contributed by atoms with Crippen molar-refractivity contribution in [2.24, 2.45) is 0 Å². The Morgan fingerprint density at radius 1 is 1.36 bits per heavy atom. The zero-order chi connectivity index (χ0) is 10.3. The predicted octanol–water partition coefficient (Wildman–Crippen LogP) is 1.31. The molecule has 1 saturated heterocycles. The summed E-state index contributed by atoms with van der Waals surface area (Å²) in [5.74, 6) is 0. The standard InChI is InChI=1S/C11H23NO2/c1-11(6-5-7-12-10-11)14-9-4-2-3-8-13/h12-13H,2-10H2,1H3. The number of ether oxygens (including phenoxy) is 1. The molecular weight excluding hydrogens is 178 g/mol. The number of unbranched alkanes of at least 4 members (excludes halogenated alkanes) is 2. The molecule has 0 aromatic heterocycles. The maximum atomic E-state index is 8.61.